The molecule has 2 saturated heterocycles. The van der Waals surface area contributed by atoms with Gasteiger partial charge in [0.1, 0.15) is 25.4 Å². The van der Waals surface area contributed by atoms with Gasteiger partial charge in [-0.15, -0.1) is 12.4 Å². The van der Waals surface area contributed by atoms with Crippen molar-refractivity contribution in [1.29, 1.82) is 0 Å². The van der Waals surface area contributed by atoms with E-state index in [1.165, 1.54) is 0 Å². The molecule has 2 aromatic rings. The van der Waals surface area contributed by atoms with E-state index in [1.807, 2.05) is 62.4 Å². The van der Waals surface area contributed by atoms with Gasteiger partial charge >= 0.3 is 0 Å². The Morgan fingerprint density at radius 2 is 1.03 bits per heavy atom. The van der Waals surface area contributed by atoms with Crippen LogP contribution in [0.15, 0.2) is 48.5 Å². The fourth-order valence-corrected chi connectivity index (χ4v) is 3.51. The van der Waals surface area contributed by atoms with Gasteiger partial charge in [-0.3, -0.25) is 0 Å². The Morgan fingerprint density at radius 1 is 0.657 bits per heavy atom. The van der Waals surface area contributed by atoms with Crippen molar-refractivity contribution in [2.45, 2.75) is 26.1 Å². The zero-order valence-electron chi connectivity index (χ0n) is 20.7. The molecule has 2 aliphatic heterocycles. The van der Waals surface area contributed by atoms with Crippen LogP contribution in [-0.4, -0.2) is 78.0 Å². The average Bonchev–Trinajstić information content (AvgIpc) is 2.90. The van der Waals surface area contributed by atoms with Gasteiger partial charge in [0.15, 0.2) is 23.0 Å². The largest absolute Gasteiger partial charge is 0.490 e. The summed E-state index contributed by atoms with van der Waals surface area (Å²) in [6.45, 7) is 11.3. The van der Waals surface area contributed by atoms with E-state index in [0.29, 0.717) is 26.4 Å². The lowest BCUT2D eigenvalue weighted by molar-refractivity contribution is -0.000389. The molecule has 2 unspecified atom stereocenters. The van der Waals surface area contributed by atoms with E-state index >= 15 is 0 Å². The quantitative estimate of drug-likeness (QED) is 0.504. The molecule has 2 aromatic carbocycles. The summed E-state index contributed by atoms with van der Waals surface area (Å²) < 4.78 is 33.6. The number of hydrogen-bond acceptors (Lipinski definition) is 8. The number of morpholine rings is 2. The number of benzene rings is 2. The van der Waals surface area contributed by atoms with Gasteiger partial charge in [-0.2, -0.15) is 0 Å². The third-order valence-electron chi connectivity index (χ3n) is 5.16. The second kappa shape index (κ2) is 17.2. The maximum absolute atomic E-state index is 5.74. The van der Waals surface area contributed by atoms with Crippen LogP contribution in [-0.2, 0) is 9.47 Å². The van der Waals surface area contributed by atoms with Gasteiger partial charge in [-0.25, -0.2) is 0 Å². The van der Waals surface area contributed by atoms with E-state index in [4.69, 9.17) is 28.4 Å². The van der Waals surface area contributed by atoms with Gasteiger partial charge in [0.25, 0.3) is 0 Å². The Hall–Kier alpha value is -2.23. The van der Waals surface area contributed by atoms with Crippen LogP contribution < -0.4 is 29.6 Å². The lowest BCUT2D eigenvalue weighted by Crippen LogP contribution is -2.41. The average molecular weight is 511 g/mol. The first-order valence-electron chi connectivity index (χ1n) is 12.1. The first kappa shape index (κ1) is 29.0. The second-order valence-corrected chi connectivity index (χ2v) is 7.78. The summed E-state index contributed by atoms with van der Waals surface area (Å²) >= 11 is 0. The molecule has 0 saturated carbocycles. The molecule has 2 aliphatic rings. The van der Waals surface area contributed by atoms with Crippen LogP contribution in [0.4, 0.5) is 0 Å². The summed E-state index contributed by atoms with van der Waals surface area (Å²) in [5.74, 6) is 3.14. The molecule has 2 atom stereocenters. The van der Waals surface area contributed by atoms with E-state index in [-0.39, 0.29) is 24.6 Å². The zero-order valence-corrected chi connectivity index (χ0v) is 21.5. The maximum atomic E-state index is 5.74. The molecule has 2 fully saturated rings. The molecule has 4 rings (SSSR count). The van der Waals surface area contributed by atoms with Crippen LogP contribution in [0, 0.1) is 0 Å². The minimum atomic E-state index is 0. The smallest absolute Gasteiger partial charge is 0.161 e. The molecule has 8 nitrogen and oxygen atoms in total. The number of para-hydroxylation sites is 4. The summed E-state index contributed by atoms with van der Waals surface area (Å²) in [4.78, 5) is 0. The van der Waals surface area contributed by atoms with Gasteiger partial charge in [0.2, 0.25) is 0 Å². The standard InChI is InChI=1S/2C13H19NO3.ClH/c2*1-2-15-12-5-3-4-6-13(12)17-10-11-9-14-7-8-16-11;/h2*3-6,11,14H,2,7-10H2,1H3;1H. The van der Waals surface area contributed by atoms with E-state index < -0.39 is 0 Å². The van der Waals surface area contributed by atoms with E-state index in [0.717, 1.165) is 62.4 Å². The molecule has 35 heavy (non-hydrogen) atoms. The normalized spacial score (nSPS) is 19.4. The number of nitrogens with one attached hydrogen (secondary N) is 2. The minimum absolute atomic E-state index is 0. The van der Waals surface area contributed by atoms with Crippen molar-refractivity contribution in [2.24, 2.45) is 0 Å². The first-order chi connectivity index (χ1) is 16.8. The first-order valence-corrected chi connectivity index (χ1v) is 12.1. The summed E-state index contributed by atoms with van der Waals surface area (Å²) in [6, 6.07) is 15.4. The van der Waals surface area contributed by atoms with E-state index in [1.54, 1.807) is 0 Å². The highest BCUT2D eigenvalue weighted by Crippen LogP contribution is 2.27. The minimum Gasteiger partial charge on any atom is -0.490 e. The highest BCUT2D eigenvalue weighted by molar-refractivity contribution is 5.85. The molecule has 2 N–H and O–H groups in total. The summed E-state index contributed by atoms with van der Waals surface area (Å²) in [5, 5.41) is 6.55. The van der Waals surface area contributed by atoms with Gasteiger partial charge in [0.05, 0.1) is 26.4 Å². The number of halogens is 1. The van der Waals surface area contributed by atoms with Crippen LogP contribution in [0.1, 0.15) is 13.8 Å². The highest BCUT2D eigenvalue weighted by Gasteiger charge is 2.16. The van der Waals surface area contributed by atoms with Crippen molar-refractivity contribution < 1.29 is 28.4 Å². The Bertz CT molecular complexity index is 748. The molecule has 0 bridgehead atoms. The van der Waals surface area contributed by atoms with Crippen LogP contribution in [0.5, 0.6) is 23.0 Å². The molecule has 2 heterocycles. The summed E-state index contributed by atoms with van der Waals surface area (Å²) in [5.41, 5.74) is 0. The number of hydrogen-bond donors (Lipinski definition) is 2. The van der Waals surface area contributed by atoms with Gasteiger partial charge in [0, 0.05) is 26.2 Å². The SMILES string of the molecule is CCOc1ccccc1OCC1CNCCO1.CCOc1ccccc1OCC1CNCCO1.Cl. The van der Waals surface area contributed by atoms with Crippen LogP contribution >= 0.6 is 12.4 Å². The Kier molecular flexibility index (Phi) is 14.3. The molecule has 0 radical (unpaired) electrons. The fraction of sp³-hybridized carbons (Fsp3) is 0.538. The van der Waals surface area contributed by atoms with E-state index in [9.17, 15) is 0 Å². The second-order valence-electron chi connectivity index (χ2n) is 7.78. The highest BCUT2D eigenvalue weighted by atomic mass is 35.5. The predicted octanol–water partition coefficient (Wildman–Crippen LogP) is 3.33. The molecular weight excluding hydrogens is 472 g/mol. The van der Waals surface area contributed by atoms with Crippen molar-refractivity contribution in [3.8, 4) is 23.0 Å². The molecular formula is C26H39ClN2O6. The maximum Gasteiger partial charge on any atom is 0.161 e. The monoisotopic (exact) mass is 510 g/mol. The Labute approximate surface area is 215 Å². The fourth-order valence-electron chi connectivity index (χ4n) is 3.51. The molecule has 0 aromatic heterocycles. The Morgan fingerprint density at radius 3 is 1.34 bits per heavy atom. The van der Waals surface area contributed by atoms with Crippen LogP contribution in [0.3, 0.4) is 0 Å². The number of rotatable bonds is 10. The van der Waals surface area contributed by atoms with Gasteiger partial charge < -0.3 is 39.1 Å². The van der Waals surface area contributed by atoms with Gasteiger partial charge in [-0.05, 0) is 38.1 Å². The topological polar surface area (TPSA) is 79.4 Å². The summed E-state index contributed by atoms with van der Waals surface area (Å²) in [6.07, 6.45) is 0.247. The van der Waals surface area contributed by atoms with E-state index in [2.05, 4.69) is 10.6 Å². The van der Waals surface area contributed by atoms with Crippen molar-refractivity contribution >= 4 is 12.4 Å². The predicted molar refractivity (Wildman–Crippen MR) is 139 cm³/mol. The van der Waals surface area contributed by atoms with Crippen molar-refractivity contribution in [3.05, 3.63) is 48.5 Å². The molecule has 196 valence electrons. The lowest BCUT2D eigenvalue weighted by atomic mass is 10.3. The van der Waals surface area contributed by atoms with Crippen molar-refractivity contribution in [1.82, 2.24) is 10.6 Å². The summed E-state index contributed by atoms with van der Waals surface area (Å²) in [7, 11) is 0. The third kappa shape index (κ3) is 10.5. The molecule has 9 heteroatoms. The number of ether oxygens (including phenoxy) is 6. The molecule has 0 spiro atoms. The third-order valence-corrected chi connectivity index (χ3v) is 5.16. The van der Waals surface area contributed by atoms with Crippen LogP contribution in [0.2, 0.25) is 0 Å². The van der Waals surface area contributed by atoms with Crippen LogP contribution in [0.25, 0.3) is 0 Å². The molecule has 0 amide bonds. The van der Waals surface area contributed by atoms with Crippen molar-refractivity contribution in [2.75, 3.05) is 65.8 Å². The molecule has 0 aliphatic carbocycles. The zero-order chi connectivity index (χ0) is 23.8. The lowest BCUT2D eigenvalue weighted by Gasteiger charge is -2.24. The van der Waals surface area contributed by atoms with Crippen molar-refractivity contribution in [3.63, 3.8) is 0 Å². The van der Waals surface area contributed by atoms with Gasteiger partial charge in [-0.1, -0.05) is 24.3 Å². The Balaban J connectivity index is 0.000000240.